The molecule has 0 bridgehead atoms. The number of aryl methyl sites for hydroxylation is 2. The molecule has 0 saturated carbocycles. The molecule has 156 valence electrons. The Bertz CT molecular complexity index is 1140. The van der Waals surface area contributed by atoms with E-state index in [0.29, 0.717) is 13.1 Å². The second-order valence-electron chi connectivity index (χ2n) is 7.50. The van der Waals surface area contributed by atoms with E-state index < -0.39 is 20.0 Å². The Morgan fingerprint density at radius 1 is 0.828 bits per heavy atom. The molecule has 1 aliphatic carbocycles. The minimum absolute atomic E-state index is 0.0739. The summed E-state index contributed by atoms with van der Waals surface area (Å²) < 4.78 is 55.6. The molecule has 1 saturated heterocycles. The summed E-state index contributed by atoms with van der Waals surface area (Å²) in [6.07, 6.45) is 5.49. The SMILES string of the molecule is O=S(=O)(Nc1ccc(Cl)c(S(=O)(=O)N2CCCCC2)c1)c1ccc2c(c1)CCC2. The Balaban J connectivity index is 1.63. The van der Waals surface area contributed by atoms with Gasteiger partial charge in [0.25, 0.3) is 10.0 Å². The summed E-state index contributed by atoms with van der Waals surface area (Å²) in [7, 11) is -7.61. The van der Waals surface area contributed by atoms with E-state index in [9.17, 15) is 16.8 Å². The number of anilines is 1. The topological polar surface area (TPSA) is 83.5 Å². The molecule has 0 radical (unpaired) electrons. The van der Waals surface area contributed by atoms with Crippen LogP contribution in [0.25, 0.3) is 0 Å². The summed E-state index contributed by atoms with van der Waals surface area (Å²) in [5, 5.41) is 0.0797. The van der Waals surface area contributed by atoms with E-state index >= 15 is 0 Å². The number of hydrogen-bond donors (Lipinski definition) is 1. The average Bonchev–Trinajstić information content (AvgIpc) is 3.18. The van der Waals surface area contributed by atoms with Gasteiger partial charge >= 0.3 is 0 Å². The van der Waals surface area contributed by atoms with Gasteiger partial charge in [0.2, 0.25) is 10.0 Å². The molecule has 2 aromatic rings. The lowest BCUT2D eigenvalue weighted by Gasteiger charge is -2.26. The van der Waals surface area contributed by atoms with E-state index in [2.05, 4.69) is 4.72 Å². The normalized spacial score (nSPS) is 17.8. The van der Waals surface area contributed by atoms with E-state index in [4.69, 9.17) is 11.6 Å². The first-order chi connectivity index (χ1) is 13.8. The zero-order valence-corrected chi connectivity index (χ0v) is 18.3. The van der Waals surface area contributed by atoms with E-state index in [1.165, 1.54) is 28.1 Å². The third-order valence-electron chi connectivity index (χ3n) is 5.50. The van der Waals surface area contributed by atoms with Crippen molar-refractivity contribution >= 4 is 37.3 Å². The number of benzene rings is 2. The van der Waals surface area contributed by atoms with Crippen LogP contribution in [0.5, 0.6) is 0 Å². The highest BCUT2D eigenvalue weighted by atomic mass is 35.5. The van der Waals surface area contributed by atoms with Crippen LogP contribution >= 0.6 is 11.6 Å². The van der Waals surface area contributed by atoms with Gasteiger partial charge in [0.05, 0.1) is 15.6 Å². The minimum atomic E-state index is -3.84. The highest BCUT2D eigenvalue weighted by Crippen LogP contribution is 2.31. The molecule has 1 aliphatic heterocycles. The highest BCUT2D eigenvalue weighted by molar-refractivity contribution is 7.92. The number of nitrogens with zero attached hydrogens (tertiary/aromatic N) is 1. The van der Waals surface area contributed by atoms with Crippen molar-refractivity contribution in [3.63, 3.8) is 0 Å². The Morgan fingerprint density at radius 2 is 1.55 bits per heavy atom. The van der Waals surface area contributed by atoms with Gasteiger partial charge in [-0.1, -0.05) is 24.1 Å². The Hall–Kier alpha value is -1.61. The van der Waals surface area contributed by atoms with Gasteiger partial charge in [-0.25, -0.2) is 16.8 Å². The standard InChI is InChI=1S/C20H23ClN2O4S2/c21-19-10-8-17(14-20(19)29(26,27)23-11-2-1-3-12-23)22-28(24,25)18-9-7-15-5-4-6-16(15)13-18/h7-10,13-14,22H,1-6,11-12H2. The molecule has 0 amide bonds. The third-order valence-corrected chi connectivity index (χ3v) is 9.26. The number of fused-ring (bicyclic) bond motifs is 1. The molecule has 6 nitrogen and oxygen atoms in total. The molecule has 1 N–H and O–H groups in total. The quantitative estimate of drug-likeness (QED) is 0.744. The number of piperidine rings is 1. The highest BCUT2D eigenvalue weighted by Gasteiger charge is 2.29. The fourth-order valence-electron chi connectivity index (χ4n) is 3.94. The smallest absolute Gasteiger partial charge is 0.261 e. The molecule has 0 atom stereocenters. The molecule has 0 spiro atoms. The van der Waals surface area contributed by atoms with Crippen molar-refractivity contribution in [1.29, 1.82) is 0 Å². The number of nitrogens with one attached hydrogen (secondary N) is 1. The number of rotatable bonds is 5. The van der Waals surface area contributed by atoms with Crippen LogP contribution < -0.4 is 4.72 Å². The summed E-state index contributed by atoms with van der Waals surface area (Å²) in [6, 6.07) is 9.34. The van der Waals surface area contributed by atoms with Gasteiger partial charge in [-0.3, -0.25) is 4.72 Å². The third kappa shape index (κ3) is 4.17. The van der Waals surface area contributed by atoms with Gasteiger partial charge in [0, 0.05) is 13.1 Å². The number of halogens is 1. The lowest BCUT2D eigenvalue weighted by Crippen LogP contribution is -2.35. The molecule has 29 heavy (non-hydrogen) atoms. The summed E-state index contributed by atoms with van der Waals surface area (Å²) >= 11 is 6.17. The first-order valence-corrected chi connectivity index (χ1v) is 13.0. The van der Waals surface area contributed by atoms with Gasteiger partial charge in [-0.2, -0.15) is 4.31 Å². The number of hydrogen-bond acceptors (Lipinski definition) is 4. The van der Waals surface area contributed by atoms with Crippen LogP contribution in [0, 0.1) is 0 Å². The summed E-state index contributed by atoms with van der Waals surface area (Å²) in [4.78, 5) is 0.101. The number of sulfonamides is 2. The van der Waals surface area contributed by atoms with Crippen LogP contribution in [0.15, 0.2) is 46.2 Å². The van der Waals surface area contributed by atoms with E-state index in [-0.39, 0.29) is 20.5 Å². The van der Waals surface area contributed by atoms with E-state index in [1.54, 1.807) is 12.1 Å². The average molecular weight is 455 g/mol. The van der Waals surface area contributed by atoms with Crippen LogP contribution in [0.3, 0.4) is 0 Å². The molecule has 1 heterocycles. The van der Waals surface area contributed by atoms with E-state index in [1.807, 2.05) is 6.07 Å². The van der Waals surface area contributed by atoms with Crippen LogP contribution in [0.2, 0.25) is 5.02 Å². The summed E-state index contributed by atoms with van der Waals surface area (Å²) in [5.74, 6) is 0. The molecule has 2 aliphatic rings. The fourth-order valence-corrected chi connectivity index (χ4v) is 7.06. The van der Waals surface area contributed by atoms with Crippen molar-refractivity contribution in [2.24, 2.45) is 0 Å². The van der Waals surface area contributed by atoms with Crippen molar-refractivity contribution in [2.45, 2.75) is 48.3 Å². The van der Waals surface area contributed by atoms with Gasteiger partial charge in [0.1, 0.15) is 4.90 Å². The second-order valence-corrected chi connectivity index (χ2v) is 11.5. The molecule has 2 aromatic carbocycles. The first kappa shape index (κ1) is 20.7. The Labute approximate surface area is 177 Å². The van der Waals surface area contributed by atoms with Crippen molar-refractivity contribution in [2.75, 3.05) is 17.8 Å². The zero-order chi connectivity index (χ0) is 20.6. The van der Waals surface area contributed by atoms with Crippen LogP contribution in [-0.4, -0.2) is 34.2 Å². The predicted octanol–water partition coefficient (Wildman–Crippen LogP) is 3.80. The second kappa shape index (κ2) is 7.91. The Kier molecular flexibility index (Phi) is 5.63. The molecule has 1 fully saturated rings. The molecule has 0 aromatic heterocycles. The van der Waals surface area contributed by atoms with Crippen molar-refractivity contribution < 1.29 is 16.8 Å². The van der Waals surface area contributed by atoms with E-state index in [0.717, 1.165) is 44.1 Å². The minimum Gasteiger partial charge on any atom is -0.280 e. The van der Waals surface area contributed by atoms with Gasteiger partial charge in [-0.05, 0) is 73.6 Å². The molecule has 0 unspecified atom stereocenters. The van der Waals surface area contributed by atoms with Crippen molar-refractivity contribution in [3.8, 4) is 0 Å². The maximum absolute atomic E-state index is 13.0. The molecule has 9 heteroatoms. The Morgan fingerprint density at radius 3 is 2.31 bits per heavy atom. The first-order valence-electron chi connectivity index (χ1n) is 9.72. The lowest BCUT2D eigenvalue weighted by atomic mass is 10.1. The van der Waals surface area contributed by atoms with Crippen LogP contribution in [-0.2, 0) is 32.9 Å². The van der Waals surface area contributed by atoms with Crippen LogP contribution in [0.1, 0.15) is 36.8 Å². The van der Waals surface area contributed by atoms with Crippen molar-refractivity contribution in [1.82, 2.24) is 4.31 Å². The zero-order valence-electron chi connectivity index (χ0n) is 15.9. The largest absolute Gasteiger partial charge is 0.280 e. The van der Waals surface area contributed by atoms with Gasteiger partial charge in [-0.15, -0.1) is 0 Å². The lowest BCUT2D eigenvalue weighted by molar-refractivity contribution is 0.346. The molecular formula is C20H23ClN2O4S2. The van der Waals surface area contributed by atoms with Crippen molar-refractivity contribution in [3.05, 3.63) is 52.5 Å². The fraction of sp³-hybridized carbons (Fsp3) is 0.400. The summed E-state index contributed by atoms with van der Waals surface area (Å²) in [5.41, 5.74) is 2.41. The monoisotopic (exact) mass is 454 g/mol. The maximum Gasteiger partial charge on any atom is 0.261 e. The molecule has 4 rings (SSSR count). The summed E-state index contributed by atoms with van der Waals surface area (Å²) in [6.45, 7) is 0.896. The molecular weight excluding hydrogens is 432 g/mol. The van der Waals surface area contributed by atoms with Crippen LogP contribution in [0.4, 0.5) is 5.69 Å². The van der Waals surface area contributed by atoms with Gasteiger partial charge < -0.3 is 0 Å². The predicted molar refractivity (Wildman–Crippen MR) is 113 cm³/mol. The maximum atomic E-state index is 13.0. The van der Waals surface area contributed by atoms with Gasteiger partial charge in [0.15, 0.2) is 0 Å².